The van der Waals surface area contributed by atoms with Crippen LogP contribution >= 0.6 is 11.8 Å². The first-order chi connectivity index (χ1) is 7.24. The van der Waals surface area contributed by atoms with Gasteiger partial charge in [0.25, 0.3) is 0 Å². The monoisotopic (exact) mass is 226 g/mol. The van der Waals surface area contributed by atoms with Crippen molar-refractivity contribution in [1.29, 1.82) is 0 Å². The molecule has 0 heterocycles. The molecule has 0 aliphatic heterocycles. The number of thioether (sulfide) groups is 1. The minimum absolute atomic E-state index is 0.0653. The van der Waals surface area contributed by atoms with E-state index in [1.165, 1.54) is 0 Å². The van der Waals surface area contributed by atoms with Gasteiger partial charge in [-0.3, -0.25) is 4.79 Å². The van der Waals surface area contributed by atoms with Crippen LogP contribution in [0.4, 0.5) is 0 Å². The van der Waals surface area contributed by atoms with Crippen molar-refractivity contribution in [1.82, 2.24) is 0 Å². The molecule has 0 radical (unpaired) electrons. The maximum Gasteiger partial charge on any atom is 0.307 e. The van der Waals surface area contributed by atoms with Crippen molar-refractivity contribution in [3.05, 3.63) is 35.4 Å². The van der Waals surface area contributed by atoms with Gasteiger partial charge in [0.15, 0.2) is 0 Å². The summed E-state index contributed by atoms with van der Waals surface area (Å²) in [7, 11) is 0. The van der Waals surface area contributed by atoms with Crippen LogP contribution in [0.1, 0.15) is 11.1 Å². The highest BCUT2D eigenvalue weighted by atomic mass is 32.2. The van der Waals surface area contributed by atoms with Gasteiger partial charge in [0.1, 0.15) is 0 Å². The maximum atomic E-state index is 10.6. The van der Waals surface area contributed by atoms with Gasteiger partial charge in [-0.1, -0.05) is 24.3 Å². The molecule has 0 aliphatic rings. The zero-order chi connectivity index (χ0) is 11.1. The van der Waals surface area contributed by atoms with Crippen LogP contribution in [0.15, 0.2) is 24.3 Å². The molecule has 1 aromatic carbocycles. The molecular formula is C11H14O3S. The van der Waals surface area contributed by atoms with Crippen LogP contribution < -0.4 is 0 Å². The second kappa shape index (κ2) is 6.48. The smallest absolute Gasteiger partial charge is 0.307 e. The molecule has 15 heavy (non-hydrogen) atoms. The fourth-order valence-electron chi connectivity index (χ4n) is 1.28. The largest absolute Gasteiger partial charge is 0.481 e. The van der Waals surface area contributed by atoms with E-state index in [2.05, 4.69) is 0 Å². The molecule has 4 heteroatoms. The number of hydrogen-bond donors (Lipinski definition) is 2. The second-order valence-electron chi connectivity index (χ2n) is 3.12. The predicted octanol–water partition coefficient (Wildman–Crippen LogP) is 1.54. The third kappa shape index (κ3) is 4.36. The highest BCUT2D eigenvalue weighted by Gasteiger charge is 2.05. The number of aliphatic hydroxyl groups is 1. The minimum atomic E-state index is -0.811. The third-order valence-corrected chi connectivity index (χ3v) is 2.94. The normalized spacial score (nSPS) is 10.2. The first-order valence-corrected chi connectivity index (χ1v) is 5.86. The number of aliphatic carboxylic acids is 1. The van der Waals surface area contributed by atoms with E-state index in [1.54, 1.807) is 11.8 Å². The Morgan fingerprint density at radius 3 is 2.53 bits per heavy atom. The zero-order valence-corrected chi connectivity index (χ0v) is 9.17. The van der Waals surface area contributed by atoms with Gasteiger partial charge in [-0.25, -0.2) is 0 Å². The fourth-order valence-corrected chi connectivity index (χ4v) is 2.06. The Bertz CT molecular complexity index is 325. The van der Waals surface area contributed by atoms with Crippen LogP contribution in [0.5, 0.6) is 0 Å². The van der Waals surface area contributed by atoms with Crippen molar-refractivity contribution in [2.75, 3.05) is 12.4 Å². The van der Waals surface area contributed by atoms with Gasteiger partial charge in [-0.2, -0.15) is 11.8 Å². The van der Waals surface area contributed by atoms with E-state index in [-0.39, 0.29) is 13.0 Å². The molecule has 0 saturated heterocycles. The number of carboxylic acid groups (broad SMARTS) is 1. The molecule has 0 spiro atoms. The van der Waals surface area contributed by atoms with E-state index in [9.17, 15) is 4.79 Å². The molecule has 2 N–H and O–H groups in total. The van der Waals surface area contributed by atoms with Crippen molar-refractivity contribution < 1.29 is 15.0 Å². The predicted molar refractivity (Wildman–Crippen MR) is 61.0 cm³/mol. The van der Waals surface area contributed by atoms with Gasteiger partial charge >= 0.3 is 5.97 Å². The highest BCUT2D eigenvalue weighted by molar-refractivity contribution is 7.98. The summed E-state index contributed by atoms with van der Waals surface area (Å²) in [4.78, 5) is 10.6. The first kappa shape index (κ1) is 12.1. The summed E-state index contributed by atoms with van der Waals surface area (Å²) in [6.45, 7) is 0.158. The molecule has 1 aromatic rings. The van der Waals surface area contributed by atoms with E-state index in [0.717, 1.165) is 16.9 Å². The van der Waals surface area contributed by atoms with E-state index in [1.807, 2.05) is 24.3 Å². The molecule has 0 atom stereocenters. The van der Waals surface area contributed by atoms with Crippen molar-refractivity contribution in [2.24, 2.45) is 0 Å². The van der Waals surface area contributed by atoms with Crippen LogP contribution in [0, 0.1) is 0 Å². The lowest BCUT2D eigenvalue weighted by atomic mass is 10.1. The molecular weight excluding hydrogens is 212 g/mol. The number of rotatable bonds is 6. The van der Waals surface area contributed by atoms with Crippen LogP contribution in [-0.2, 0) is 17.0 Å². The fraction of sp³-hybridized carbons (Fsp3) is 0.364. The number of benzene rings is 1. The Morgan fingerprint density at radius 1 is 1.27 bits per heavy atom. The maximum absolute atomic E-state index is 10.6. The lowest BCUT2D eigenvalue weighted by Gasteiger charge is -2.06. The van der Waals surface area contributed by atoms with Crippen molar-refractivity contribution in [2.45, 2.75) is 12.2 Å². The second-order valence-corrected chi connectivity index (χ2v) is 4.22. The summed E-state index contributed by atoms with van der Waals surface area (Å²) in [6.07, 6.45) is 0.0653. The van der Waals surface area contributed by atoms with Gasteiger partial charge in [-0.05, 0) is 11.1 Å². The van der Waals surface area contributed by atoms with Crippen molar-refractivity contribution >= 4 is 17.7 Å². The van der Waals surface area contributed by atoms with Gasteiger partial charge < -0.3 is 10.2 Å². The van der Waals surface area contributed by atoms with E-state index in [4.69, 9.17) is 10.2 Å². The average Bonchev–Trinajstić information content (AvgIpc) is 2.20. The van der Waals surface area contributed by atoms with Crippen LogP contribution in [-0.4, -0.2) is 28.5 Å². The van der Waals surface area contributed by atoms with Gasteiger partial charge in [0, 0.05) is 11.5 Å². The molecule has 0 saturated carbocycles. The number of carboxylic acids is 1. The molecule has 0 aliphatic carbocycles. The topological polar surface area (TPSA) is 57.5 Å². The van der Waals surface area contributed by atoms with E-state index < -0.39 is 5.97 Å². The summed E-state index contributed by atoms with van der Waals surface area (Å²) < 4.78 is 0. The zero-order valence-electron chi connectivity index (χ0n) is 8.35. The summed E-state index contributed by atoms with van der Waals surface area (Å²) >= 11 is 1.60. The number of carbonyl (C=O) groups is 1. The lowest BCUT2D eigenvalue weighted by Crippen LogP contribution is -2.03. The molecule has 0 amide bonds. The Labute approximate surface area is 93.1 Å². The third-order valence-electron chi connectivity index (χ3n) is 1.95. The van der Waals surface area contributed by atoms with Crippen LogP contribution in [0.3, 0.4) is 0 Å². The van der Waals surface area contributed by atoms with E-state index >= 15 is 0 Å². The molecule has 0 aromatic heterocycles. The average molecular weight is 226 g/mol. The quantitative estimate of drug-likeness (QED) is 0.722. The molecule has 3 nitrogen and oxygen atoms in total. The molecule has 0 fully saturated rings. The summed E-state index contributed by atoms with van der Waals surface area (Å²) in [5, 5.41) is 17.4. The molecule has 1 rings (SSSR count). The van der Waals surface area contributed by atoms with Crippen LogP contribution in [0.25, 0.3) is 0 Å². The SMILES string of the molecule is O=C(O)Cc1ccccc1CSCCO. The van der Waals surface area contributed by atoms with Crippen molar-refractivity contribution in [3.8, 4) is 0 Å². The minimum Gasteiger partial charge on any atom is -0.481 e. The van der Waals surface area contributed by atoms with Crippen molar-refractivity contribution in [3.63, 3.8) is 0 Å². The molecule has 0 unspecified atom stereocenters. The van der Waals surface area contributed by atoms with Gasteiger partial charge in [0.2, 0.25) is 0 Å². The van der Waals surface area contributed by atoms with E-state index in [0.29, 0.717) is 5.75 Å². The lowest BCUT2D eigenvalue weighted by molar-refractivity contribution is -0.136. The Hall–Kier alpha value is -1.00. The summed E-state index contributed by atoms with van der Waals surface area (Å²) in [5.41, 5.74) is 1.90. The Morgan fingerprint density at radius 2 is 1.93 bits per heavy atom. The summed E-state index contributed by atoms with van der Waals surface area (Å²) in [6, 6.07) is 7.52. The van der Waals surface area contributed by atoms with Crippen LogP contribution in [0.2, 0.25) is 0 Å². The molecule has 82 valence electrons. The Kier molecular flexibility index (Phi) is 5.21. The standard InChI is InChI=1S/C11H14O3S/c12-5-6-15-8-10-4-2-1-3-9(10)7-11(13)14/h1-4,12H,5-8H2,(H,13,14). The first-order valence-electron chi connectivity index (χ1n) is 4.71. The highest BCUT2D eigenvalue weighted by Crippen LogP contribution is 2.16. The summed E-state index contributed by atoms with van der Waals surface area (Å²) in [5.74, 6) is 0.625. The van der Waals surface area contributed by atoms with Gasteiger partial charge in [0.05, 0.1) is 13.0 Å². The number of aliphatic hydroxyl groups excluding tert-OH is 1. The Balaban J connectivity index is 2.64. The van der Waals surface area contributed by atoms with Gasteiger partial charge in [-0.15, -0.1) is 0 Å². The molecule has 0 bridgehead atoms. The number of hydrogen-bond acceptors (Lipinski definition) is 3.